The molecule has 8 nitrogen and oxygen atoms in total. The monoisotopic (exact) mass is 716 g/mol. The Balaban J connectivity index is 1.60. The molecule has 4 aromatic rings. The number of aryl methyl sites for hydroxylation is 2. The summed E-state index contributed by atoms with van der Waals surface area (Å²) in [6, 6.07) is 25.0. The van der Waals surface area contributed by atoms with Gasteiger partial charge < -0.3 is 25.2 Å². The minimum absolute atomic E-state index is 0.0539. The molecule has 4 atom stereocenters. The van der Waals surface area contributed by atoms with Crippen LogP contribution in [0.25, 0.3) is 0 Å². The average molecular weight is 718 g/mol. The molecule has 0 saturated heterocycles. The van der Waals surface area contributed by atoms with Crippen molar-refractivity contribution in [2.24, 2.45) is 11.8 Å². The van der Waals surface area contributed by atoms with Gasteiger partial charge in [0.1, 0.15) is 18.3 Å². The Hall–Kier alpha value is -4.37. The fourth-order valence-corrected chi connectivity index (χ4v) is 7.26. The van der Waals surface area contributed by atoms with E-state index in [2.05, 4.69) is 10.6 Å². The van der Waals surface area contributed by atoms with Crippen LogP contribution in [0.4, 0.5) is 11.4 Å². The Morgan fingerprint density at radius 3 is 1.96 bits per heavy atom. The first kappa shape index (κ1) is 36.9. The minimum Gasteiger partial charge on any atom is -0.490 e. The molecule has 1 saturated carbocycles. The SMILES string of the molecule is CCOc1cc(C2C(C(=O)Nc3ccccc3CC)C(=O)CC(C)(O)C2C(=O)Nc2ccccc2CC)ccc1OCc1c(Cl)cccc1Cl. The third-order valence-corrected chi connectivity index (χ3v) is 9.94. The summed E-state index contributed by atoms with van der Waals surface area (Å²) in [5.74, 6) is -4.42. The van der Waals surface area contributed by atoms with Crippen LogP contribution in [-0.2, 0) is 33.8 Å². The van der Waals surface area contributed by atoms with Crippen LogP contribution < -0.4 is 20.1 Å². The van der Waals surface area contributed by atoms with Crippen LogP contribution in [0.15, 0.2) is 84.9 Å². The smallest absolute Gasteiger partial charge is 0.235 e. The molecule has 4 unspecified atom stereocenters. The minimum atomic E-state index is -1.78. The van der Waals surface area contributed by atoms with E-state index in [0.29, 0.717) is 56.9 Å². The van der Waals surface area contributed by atoms with Gasteiger partial charge in [-0.1, -0.05) is 85.6 Å². The number of Topliss-reactive ketones (excluding diaryl/α,β-unsaturated/α-hetero) is 1. The summed E-state index contributed by atoms with van der Waals surface area (Å²) in [6.45, 7) is 7.59. The van der Waals surface area contributed by atoms with Gasteiger partial charge in [0.05, 0.1) is 18.1 Å². The van der Waals surface area contributed by atoms with Crippen molar-refractivity contribution in [3.63, 3.8) is 0 Å². The molecule has 0 spiro atoms. The third-order valence-electron chi connectivity index (χ3n) is 9.23. The molecule has 3 N–H and O–H groups in total. The molecule has 10 heteroatoms. The second-order valence-corrected chi connectivity index (χ2v) is 13.4. The maximum absolute atomic E-state index is 14.4. The van der Waals surface area contributed by atoms with Crippen molar-refractivity contribution in [2.75, 3.05) is 17.2 Å². The molecule has 5 rings (SSSR count). The van der Waals surface area contributed by atoms with Crippen molar-refractivity contribution < 1.29 is 29.0 Å². The molecule has 0 aliphatic heterocycles. The van der Waals surface area contributed by atoms with Gasteiger partial charge in [0.25, 0.3) is 0 Å². The van der Waals surface area contributed by atoms with Crippen molar-refractivity contribution in [1.82, 2.24) is 0 Å². The number of nitrogens with one attached hydrogen (secondary N) is 2. The normalized spacial score (nSPS) is 20.2. The highest BCUT2D eigenvalue weighted by Gasteiger charge is 2.56. The molecular formula is C40H42Cl2N2O6. The number of carbonyl (C=O) groups excluding carboxylic acids is 3. The number of halogens is 2. The lowest BCUT2D eigenvalue weighted by Gasteiger charge is -2.44. The van der Waals surface area contributed by atoms with Gasteiger partial charge in [-0.25, -0.2) is 0 Å². The maximum atomic E-state index is 14.4. The predicted molar refractivity (Wildman–Crippen MR) is 197 cm³/mol. The molecule has 0 heterocycles. The number of anilines is 2. The standard InChI is InChI=1S/C40H42Cl2N2O6/c1-5-24-13-8-10-17-30(24)43-38(46)36-32(45)22-40(4,48)37(39(47)44-31-18-11-9-14-25(31)6-2)35(36)26-19-20-33(34(21-26)49-7-3)50-23-27-28(41)15-12-16-29(27)42/h8-21,35-37,48H,5-7,22-23H2,1-4H3,(H,43,46)(H,44,47). The topological polar surface area (TPSA) is 114 Å². The van der Waals surface area contributed by atoms with E-state index < -0.39 is 41.0 Å². The number of ketones is 1. The first-order chi connectivity index (χ1) is 24.0. The number of para-hydroxylation sites is 2. The lowest BCUT2D eigenvalue weighted by molar-refractivity contribution is -0.150. The van der Waals surface area contributed by atoms with Crippen LogP contribution in [0.2, 0.25) is 10.0 Å². The van der Waals surface area contributed by atoms with Gasteiger partial charge in [-0.3, -0.25) is 14.4 Å². The summed E-state index contributed by atoms with van der Waals surface area (Å²) in [4.78, 5) is 42.6. The highest BCUT2D eigenvalue weighted by atomic mass is 35.5. The number of aliphatic hydroxyl groups is 1. The van der Waals surface area contributed by atoms with Gasteiger partial charge in [-0.15, -0.1) is 0 Å². The number of carbonyl (C=O) groups is 3. The van der Waals surface area contributed by atoms with Crippen LogP contribution in [0.3, 0.4) is 0 Å². The van der Waals surface area contributed by atoms with E-state index in [4.69, 9.17) is 32.7 Å². The zero-order chi connectivity index (χ0) is 36.0. The average Bonchev–Trinajstić information content (AvgIpc) is 3.08. The second kappa shape index (κ2) is 16.1. The van der Waals surface area contributed by atoms with Crippen molar-refractivity contribution in [2.45, 2.75) is 65.1 Å². The molecule has 1 aliphatic rings. The van der Waals surface area contributed by atoms with E-state index in [1.165, 1.54) is 6.92 Å². The van der Waals surface area contributed by atoms with E-state index in [0.717, 1.165) is 11.1 Å². The number of rotatable bonds is 12. The second-order valence-electron chi connectivity index (χ2n) is 12.6. The molecule has 1 aliphatic carbocycles. The van der Waals surface area contributed by atoms with Crippen molar-refractivity contribution in [3.8, 4) is 11.5 Å². The molecule has 262 valence electrons. The number of amides is 2. The van der Waals surface area contributed by atoms with Crippen LogP contribution in [-0.4, -0.2) is 34.9 Å². The summed E-state index contributed by atoms with van der Waals surface area (Å²) >= 11 is 12.8. The maximum Gasteiger partial charge on any atom is 0.235 e. The zero-order valence-corrected chi connectivity index (χ0v) is 30.1. The Kier molecular flexibility index (Phi) is 11.9. The lowest BCUT2D eigenvalue weighted by Crippen LogP contribution is -2.56. The van der Waals surface area contributed by atoms with E-state index in [9.17, 15) is 19.5 Å². The lowest BCUT2D eigenvalue weighted by atomic mass is 9.61. The highest BCUT2D eigenvalue weighted by Crippen LogP contribution is 2.48. The van der Waals surface area contributed by atoms with E-state index in [1.54, 1.807) is 48.5 Å². The van der Waals surface area contributed by atoms with Crippen molar-refractivity contribution in [1.29, 1.82) is 0 Å². The third kappa shape index (κ3) is 7.99. The summed E-state index contributed by atoms with van der Waals surface area (Å²) in [7, 11) is 0. The van der Waals surface area contributed by atoms with Gasteiger partial charge in [0, 0.05) is 39.3 Å². The molecule has 1 fully saturated rings. The first-order valence-electron chi connectivity index (χ1n) is 16.8. The van der Waals surface area contributed by atoms with Crippen molar-refractivity contribution >= 4 is 52.2 Å². The Labute approximate surface area is 303 Å². The van der Waals surface area contributed by atoms with Crippen LogP contribution in [0.1, 0.15) is 62.3 Å². The van der Waals surface area contributed by atoms with Crippen LogP contribution in [0, 0.1) is 11.8 Å². The summed E-state index contributed by atoms with van der Waals surface area (Å²) in [5, 5.41) is 18.7. The highest BCUT2D eigenvalue weighted by molar-refractivity contribution is 6.36. The largest absolute Gasteiger partial charge is 0.490 e. The molecule has 2 amide bonds. The van der Waals surface area contributed by atoms with Crippen molar-refractivity contribution in [3.05, 3.63) is 117 Å². The number of hydrogen-bond acceptors (Lipinski definition) is 6. The van der Waals surface area contributed by atoms with E-state index in [-0.39, 0.29) is 19.6 Å². The van der Waals surface area contributed by atoms with Gasteiger partial charge in [0.15, 0.2) is 11.5 Å². The number of ether oxygens (including phenoxy) is 2. The summed E-state index contributed by atoms with van der Waals surface area (Å²) in [6.07, 6.45) is 0.941. The van der Waals surface area contributed by atoms with Crippen LogP contribution >= 0.6 is 23.2 Å². The summed E-state index contributed by atoms with van der Waals surface area (Å²) in [5.41, 5.74) is 2.26. The Morgan fingerprint density at radius 2 is 1.38 bits per heavy atom. The fraction of sp³-hybridized carbons (Fsp3) is 0.325. The molecule has 0 bridgehead atoms. The molecule has 50 heavy (non-hydrogen) atoms. The fourth-order valence-electron chi connectivity index (χ4n) is 6.75. The molecule has 4 aromatic carbocycles. The molecule has 0 radical (unpaired) electrons. The molecular weight excluding hydrogens is 675 g/mol. The number of hydrogen-bond donors (Lipinski definition) is 3. The van der Waals surface area contributed by atoms with E-state index >= 15 is 0 Å². The zero-order valence-electron chi connectivity index (χ0n) is 28.6. The first-order valence-corrected chi connectivity index (χ1v) is 17.6. The quantitative estimate of drug-likeness (QED) is 0.127. The number of benzene rings is 4. The summed E-state index contributed by atoms with van der Waals surface area (Å²) < 4.78 is 12.1. The van der Waals surface area contributed by atoms with Crippen LogP contribution in [0.5, 0.6) is 11.5 Å². The van der Waals surface area contributed by atoms with Gasteiger partial charge in [-0.05, 0) is 79.8 Å². The Bertz CT molecular complexity index is 1860. The predicted octanol–water partition coefficient (Wildman–Crippen LogP) is 8.41. The van der Waals surface area contributed by atoms with Gasteiger partial charge >= 0.3 is 0 Å². The van der Waals surface area contributed by atoms with Gasteiger partial charge in [0.2, 0.25) is 11.8 Å². The Morgan fingerprint density at radius 1 is 0.800 bits per heavy atom. The van der Waals surface area contributed by atoms with Gasteiger partial charge in [-0.2, -0.15) is 0 Å². The van der Waals surface area contributed by atoms with E-state index in [1.807, 2.05) is 57.2 Å². The molecule has 0 aromatic heterocycles.